The number of hydrogen-bond acceptors (Lipinski definition) is 2. The van der Waals surface area contributed by atoms with E-state index in [4.69, 9.17) is 9.98 Å². The summed E-state index contributed by atoms with van der Waals surface area (Å²) in [7, 11) is 0. The van der Waals surface area contributed by atoms with Crippen molar-refractivity contribution in [3.63, 3.8) is 0 Å². The van der Waals surface area contributed by atoms with Gasteiger partial charge in [-0.25, -0.2) is 0 Å². The Morgan fingerprint density at radius 2 is 0.919 bits per heavy atom. The van der Waals surface area contributed by atoms with Crippen molar-refractivity contribution in [2.24, 2.45) is 33.7 Å². The van der Waals surface area contributed by atoms with E-state index in [0.29, 0.717) is 23.7 Å². The van der Waals surface area contributed by atoms with E-state index in [9.17, 15) is 0 Å². The third kappa shape index (κ3) is 4.34. The molecule has 0 bridgehead atoms. The molecule has 5 aromatic rings. The van der Waals surface area contributed by atoms with Gasteiger partial charge in [-0.05, 0) is 71.9 Å². The Bertz CT molecular complexity index is 1690. The molecule has 0 unspecified atom stereocenters. The minimum Gasteiger partial charge on any atom is -0.279 e. The quantitative estimate of drug-likeness (QED) is 0.147. The van der Waals surface area contributed by atoms with Crippen molar-refractivity contribution >= 4 is 59.0 Å². The minimum absolute atomic E-state index is 0.203. The molecule has 0 amide bonds. The van der Waals surface area contributed by atoms with Gasteiger partial charge < -0.3 is 0 Å². The van der Waals surface area contributed by atoms with Crippen molar-refractivity contribution < 1.29 is 0 Å². The standard InChI is InChI=1S/C34H39BrN2/c1-18(2)31(19(3)4)36-33-29-25-16-10-13-22-12-9-14-23(27(22)25)24-15-11-17-26(28(24)29)30(35)34(33)37-32(20(5)6)21(7)8/h9-21,31-32H,1-8H3. The Balaban J connectivity index is 2.15. The number of benzene rings is 5. The summed E-state index contributed by atoms with van der Waals surface area (Å²) in [5.74, 6) is 1.74. The fraction of sp³-hybridized carbons (Fsp3) is 0.412. The molecule has 0 aliphatic carbocycles. The second-order valence-electron chi connectivity index (χ2n) is 12.0. The molecule has 0 aliphatic heterocycles. The highest BCUT2D eigenvalue weighted by atomic mass is 79.9. The van der Waals surface area contributed by atoms with E-state index in [1.54, 1.807) is 0 Å². The summed E-state index contributed by atoms with van der Waals surface area (Å²) in [5, 5.41) is 12.3. The van der Waals surface area contributed by atoms with Crippen LogP contribution in [-0.2, 0) is 0 Å². The third-order valence-electron chi connectivity index (χ3n) is 7.97. The molecule has 0 saturated carbocycles. The van der Waals surface area contributed by atoms with Gasteiger partial charge in [-0.3, -0.25) is 9.98 Å². The summed E-state index contributed by atoms with van der Waals surface area (Å²) in [6, 6.07) is 20.5. The van der Waals surface area contributed by atoms with Crippen LogP contribution in [0.15, 0.2) is 69.1 Å². The van der Waals surface area contributed by atoms with Crippen molar-refractivity contribution in [1.29, 1.82) is 0 Å². The Morgan fingerprint density at radius 1 is 0.486 bits per heavy atom. The molecular weight excluding hydrogens is 516 g/mol. The predicted octanol–water partition coefficient (Wildman–Crippen LogP) is 9.10. The molecule has 0 spiro atoms. The van der Waals surface area contributed by atoms with Crippen LogP contribution in [0, 0.1) is 23.7 Å². The van der Waals surface area contributed by atoms with E-state index in [1.807, 2.05) is 0 Å². The minimum atomic E-state index is 0.203. The fourth-order valence-corrected chi connectivity index (χ4v) is 7.03. The topological polar surface area (TPSA) is 24.7 Å². The summed E-state index contributed by atoms with van der Waals surface area (Å²) in [4.78, 5) is 11.1. The monoisotopic (exact) mass is 554 g/mol. The highest BCUT2D eigenvalue weighted by Gasteiger charge is 2.23. The molecule has 0 heterocycles. The molecular formula is C34H39BrN2. The maximum atomic E-state index is 5.62. The predicted molar refractivity (Wildman–Crippen MR) is 165 cm³/mol. The Labute approximate surface area is 229 Å². The van der Waals surface area contributed by atoms with Crippen LogP contribution in [0.4, 0.5) is 0 Å². The van der Waals surface area contributed by atoms with Crippen LogP contribution in [-0.4, -0.2) is 12.1 Å². The van der Waals surface area contributed by atoms with Crippen LogP contribution in [0.5, 0.6) is 0 Å². The van der Waals surface area contributed by atoms with Crippen LogP contribution in [0.25, 0.3) is 43.1 Å². The Kier molecular flexibility index (Phi) is 7.04. The molecule has 3 heteroatoms. The van der Waals surface area contributed by atoms with E-state index < -0.39 is 0 Å². The van der Waals surface area contributed by atoms with Gasteiger partial charge in [-0.15, -0.1) is 0 Å². The van der Waals surface area contributed by atoms with E-state index in [2.05, 4.69) is 126 Å². The van der Waals surface area contributed by atoms with Crippen LogP contribution in [0.2, 0.25) is 0 Å². The van der Waals surface area contributed by atoms with Gasteiger partial charge in [0.25, 0.3) is 0 Å². The number of fused-ring (bicyclic) bond motifs is 2. The summed E-state index contributed by atoms with van der Waals surface area (Å²) >= 11 is 4.07. The van der Waals surface area contributed by atoms with Crippen molar-refractivity contribution in [1.82, 2.24) is 0 Å². The molecule has 0 aromatic heterocycles. The second-order valence-corrected chi connectivity index (χ2v) is 12.8. The first-order valence-electron chi connectivity index (χ1n) is 13.8. The zero-order valence-electron chi connectivity index (χ0n) is 23.4. The van der Waals surface area contributed by atoms with E-state index in [0.717, 1.165) is 15.2 Å². The van der Waals surface area contributed by atoms with Crippen LogP contribution in [0.1, 0.15) is 55.4 Å². The van der Waals surface area contributed by atoms with E-state index in [-0.39, 0.29) is 12.1 Å². The number of halogens is 1. The molecule has 192 valence electrons. The lowest BCUT2D eigenvalue weighted by Crippen LogP contribution is -2.36. The van der Waals surface area contributed by atoms with Gasteiger partial charge in [0, 0.05) is 10.8 Å². The van der Waals surface area contributed by atoms with Crippen LogP contribution in [0.3, 0.4) is 0 Å². The summed E-state index contributed by atoms with van der Waals surface area (Å²) in [5.41, 5.74) is 0. The first-order valence-corrected chi connectivity index (χ1v) is 14.6. The highest BCUT2D eigenvalue weighted by molar-refractivity contribution is 9.10. The summed E-state index contributed by atoms with van der Waals surface area (Å²) < 4.78 is 1.07. The third-order valence-corrected chi connectivity index (χ3v) is 8.78. The second kappa shape index (κ2) is 9.98. The smallest absolute Gasteiger partial charge is 0.0984 e. The molecule has 0 atom stereocenters. The number of nitrogens with zero attached hydrogens (tertiary/aromatic N) is 2. The molecule has 37 heavy (non-hydrogen) atoms. The SMILES string of the molecule is CC(C)C(N=c1c(Br)c2cccc3c4cccc5cccc(c(c1=NC(C(C)C)C(C)C)c23)c54)C(C)C. The maximum Gasteiger partial charge on any atom is 0.0984 e. The van der Waals surface area contributed by atoms with Gasteiger partial charge in [-0.2, -0.15) is 0 Å². The zero-order chi connectivity index (χ0) is 26.6. The number of rotatable bonds is 6. The van der Waals surface area contributed by atoms with E-state index in [1.165, 1.54) is 43.1 Å². The van der Waals surface area contributed by atoms with Gasteiger partial charge in [0.1, 0.15) is 0 Å². The average molecular weight is 556 g/mol. The lowest BCUT2D eigenvalue weighted by Gasteiger charge is -2.23. The molecule has 2 nitrogen and oxygen atoms in total. The molecule has 0 N–H and O–H groups in total. The number of hydrogen-bond donors (Lipinski definition) is 0. The first-order chi connectivity index (χ1) is 17.6. The summed E-state index contributed by atoms with van der Waals surface area (Å²) in [6.07, 6.45) is 0. The Morgan fingerprint density at radius 3 is 1.46 bits per heavy atom. The van der Waals surface area contributed by atoms with E-state index >= 15 is 0 Å². The van der Waals surface area contributed by atoms with Crippen LogP contribution < -0.4 is 10.7 Å². The van der Waals surface area contributed by atoms with Crippen molar-refractivity contribution in [3.05, 3.63) is 69.8 Å². The van der Waals surface area contributed by atoms with Gasteiger partial charge in [0.05, 0.1) is 27.3 Å². The lowest BCUT2D eigenvalue weighted by molar-refractivity contribution is 0.376. The summed E-state index contributed by atoms with van der Waals surface area (Å²) in [6.45, 7) is 18.3. The molecule has 0 aliphatic rings. The van der Waals surface area contributed by atoms with Crippen molar-refractivity contribution in [2.75, 3.05) is 0 Å². The Hall–Kier alpha value is -2.52. The average Bonchev–Trinajstić information content (AvgIpc) is 2.85. The first kappa shape index (κ1) is 26.1. The zero-order valence-corrected chi connectivity index (χ0v) is 25.0. The van der Waals surface area contributed by atoms with Crippen molar-refractivity contribution in [3.8, 4) is 0 Å². The van der Waals surface area contributed by atoms with Gasteiger partial charge >= 0.3 is 0 Å². The van der Waals surface area contributed by atoms with Gasteiger partial charge in [-0.1, -0.05) is 110 Å². The molecule has 0 radical (unpaired) electrons. The highest BCUT2D eigenvalue weighted by Crippen LogP contribution is 2.40. The molecule has 0 saturated heterocycles. The fourth-order valence-electron chi connectivity index (χ4n) is 6.41. The lowest BCUT2D eigenvalue weighted by atomic mass is 9.88. The normalized spacial score (nSPS) is 14.2. The molecule has 5 aromatic carbocycles. The molecule has 0 fully saturated rings. The van der Waals surface area contributed by atoms with Crippen LogP contribution >= 0.6 is 15.9 Å². The van der Waals surface area contributed by atoms with Gasteiger partial charge in [0.15, 0.2) is 0 Å². The maximum absolute atomic E-state index is 5.62. The largest absolute Gasteiger partial charge is 0.279 e. The van der Waals surface area contributed by atoms with Gasteiger partial charge in [0.2, 0.25) is 0 Å². The molecule has 5 rings (SSSR count). The van der Waals surface area contributed by atoms with Crippen molar-refractivity contribution in [2.45, 2.75) is 67.5 Å².